The largest absolute Gasteiger partial charge is 0.381 e. The van der Waals surface area contributed by atoms with Crippen LogP contribution in [0.15, 0.2) is 83.6 Å². The van der Waals surface area contributed by atoms with Gasteiger partial charge in [-0.2, -0.15) is 0 Å². The quantitative estimate of drug-likeness (QED) is 0.179. The van der Waals surface area contributed by atoms with Gasteiger partial charge in [-0.05, 0) is 97.8 Å². The molecule has 11 heteroatoms. The average molecular weight is 821 g/mol. The molecule has 0 unspecified atom stereocenters. The lowest BCUT2D eigenvalue weighted by Gasteiger charge is -2.35. The van der Waals surface area contributed by atoms with Crippen molar-refractivity contribution in [2.24, 2.45) is 0 Å². The summed E-state index contributed by atoms with van der Waals surface area (Å²) in [5.74, 6) is -0.157. The molecule has 1 amide bonds. The number of benzene rings is 3. The summed E-state index contributed by atoms with van der Waals surface area (Å²) in [4.78, 5) is 27.8. The summed E-state index contributed by atoms with van der Waals surface area (Å²) >= 11 is 3.49. The van der Waals surface area contributed by atoms with Gasteiger partial charge in [-0.1, -0.05) is 28.1 Å². The van der Waals surface area contributed by atoms with Gasteiger partial charge in [-0.3, -0.25) is 9.78 Å². The van der Waals surface area contributed by atoms with E-state index in [9.17, 15) is 9.18 Å². The van der Waals surface area contributed by atoms with E-state index in [1.807, 2.05) is 23.1 Å². The number of aromatic nitrogens is 2. The predicted octanol–water partition coefficient (Wildman–Crippen LogP) is 8.64. The van der Waals surface area contributed by atoms with Gasteiger partial charge in [0, 0.05) is 121 Å². The molecule has 0 N–H and O–H groups in total. The standard InChI is InChI=1S/C31H31FN4O2.C14H16BrNO2/c1-21-29(22-6-10-33-11-7-22)34-27-18-23(32)2-4-25(27)30(21)36-20-31(8-14-37-15-9-31)26-5-3-24(19-28(26)36)35-12-16-38-17-13-35;1-10(17)16-9-14(4-6-18-7-5-14)12-3-2-11(15)8-13(12)16/h2-7,10-11,18-19H,8-9,12-17,20H2,1H3;2-3,8H,4-7,9H2,1H3. The van der Waals surface area contributed by atoms with Gasteiger partial charge in [-0.15, -0.1) is 0 Å². The summed E-state index contributed by atoms with van der Waals surface area (Å²) in [5.41, 5.74) is 11.0. The van der Waals surface area contributed by atoms with Crippen LogP contribution in [0.4, 0.5) is 27.1 Å². The van der Waals surface area contributed by atoms with Crippen molar-refractivity contribution in [2.75, 3.05) is 80.5 Å². The number of hydrogen-bond donors (Lipinski definition) is 0. The van der Waals surface area contributed by atoms with Crippen LogP contribution in [0.3, 0.4) is 0 Å². The maximum absolute atomic E-state index is 14.5. The molecule has 2 spiro atoms. The minimum absolute atomic E-state index is 0.0238. The van der Waals surface area contributed by atoms with Gasteiger partial charge in [-0.25, -0.2) is 9.37 Å². The molecule has 9 nitrogen and oxygen atoms in total. The molecule has 0 radical (unpaired) electrons. The fourth-order valence-electron chi connectivity index (χ4n) is 9.65. The van der Waals surface area contributed by atoms with Gasteiger partial charge < -0.3 is 28.9 Å². The maximum Gasteiger partial charge on any atom is 0.223 e. The van der Waals surface area contributed by atoms with Crippen molar-refractivity contribution in [3.63, 3.8) is 0 Å². The van der Waals surface area contributed by atoms with E-state index in [0.717, 1.165) is 130 Å². The smallest absolute Gasteiger partial charge is 0.223 e. The summed E-state index contributed by atoms with van der Waals surface area (Å²) in [6, 6.07) is 22.2. The number of rotatable bonds is 3. The van der Waals surface area contributed by atoms with Gasteiger partial charge in [0.15, 0.2) is 0 Å². The highest BCUT2D eigenvalue weighted by molar-refractivity contribution is 9.10. The highest BCUT2D eigenvalue weighted by Crippen LogP contribution is 2.53. The molecule has 3 fully saturated rings. The molecule has 7 heterocycles. The summed E-state index contributed by atoms with van der Waals surface area (Å²) < 4.78 is 32.4. The number of fused-ring (bicyclic) bond motifs is 5. The highest BCUT2D eigenvalue weighted by Gasteiger charge is 2.46. The fourth-order valence-corrected chi connectivity index (χ4v) is 10.00. The van der Waals surface area contributed by atoms with Crippen molar-refractivity contribution < 1.29 is 23.4 Å². The van der Waals surface area contributed by atoms with Crippen LogP contribution in [-0.4, -0.2) is 81.7 Å². The van der Waals surface area contributed by atoms with Gasteiger partial charge in [0.1, 0.15) is 5.82 Å². The van der Waals surface area contributed by atoms with E-state index in [1.165, 1.54) is 22.5 Å². The normalized spacial score (nSPS) is 19.5. The molecule has 290 valence electrons. The van der Waals surface area contributed by atoms with Crippen molar-refractivity contribution in [2.45, 2.75) is 50.4 Å². The number of anilines is 4. The second-order valence-corrected chi connectivity index (χ2v) is 16.7. The molecule has 10 rings (SSSR count). The van der Waals surface area contributed by atoms with Crippen molar-refractivity contribution >= 4 is 55.5 Å². The van der Waals surface area contributed by atoms with Crippen LogP contribution in [-0.2, 0) is 29.8 Å². The van der Waals surface area contributed by atoms with Crippen molar-refractivity contribution in [3.8, 4) is 11.3 Å². The predicted molar refractivity (Wildman–Crippen MR) is 222 cm³/mol. The van der Waals surface area contributed by atoms with E-state index in [2.05, 4.69) is 74.0 Å². The highest BCUT2D eigenvalue weighted by atomic mass is 79.9. The SMILES string of the molecule is CC(=O)N1CC2(CCOCC2)c2ccc(Br)cc21.Cc1c(-c2ccncc2)nc2cc(F)ccc2c1N1CC2(CCOCC2)c2ccc(N3CCOCC3)cc21. The number of pyridine rings is 2. The van der Waals surface area contributed by atoms with Crippen LogP contribution < -0.4 is 14.7 Å². The average Bonchev–Trinajstić information content (AvgIpc) is 3.70. The molecule has 0 bridgehead atoms. The Bertz CT molecular complexity index is 2270. The lowest BCUT2D eigenvalue weighted by atomic mass is 9.76. The third kappa shape index (κ3) is 6.66. The van der Waals surface area contributed by atoms with Gasteiger partial charge >= 0.3 is 0 Å². The molecule has 3 aromatic carbocycles. The van der Waals surface area contributed by atoms with E-state index < -0.39 is 0 Å². The molecule has 5 aliphatic rings. The van der Waals surface area contributed by atoms with Crippen LogP contribution >= 0.6 is 15.9 Å². The summed E-state index contributed by atoms with van der Waals surface area (Å²) in [6.45, 7) is 11.8. The Morgan fingerprint density at radius 1 is 0.768 bits per heavy atom. The summed E-state index contributed by atoms with van der Waals surface area (Å²) in [7, 11) is 0. The number of halogens is 2. The monoisotopic (exact) mass is 819 g/mol. The van der Waals surface area contributed by atoms with E-state index in [4.69, 9.17) is 19.2 Å². The molecule has 2 aromatic heterocycles. The van der Waals surface area contributed by atoms with Crippen LogP contribution in [0.5, 0.6) is 0 Å². The van der Waals surface area contributed by atoms with Crippen molar-refractivity contribution in [3.05, 3.63) is 106 Å². The minimum Gasteiger partial charge on any atom is -0.381 e. The third-order valence-corrected chi connectivity index (χ3v) is 13.1. The Kier molecular flexibility index (Phi) is 10.1. The Labute approximate surface area is 335 Å². The third-order valence-electron chi connectivity index (χ3n) is 12.6. The van der Waals surface area contributed by atoms with Crippen molar-refractivity contribution in [1.29, 1.82) is 0 Å². The summed E-state index contributed by atoms with van der Waals surface area (Å²) in [6.07, 6.45) is 7.55. The lowest BCUT2D eigenvalue weighted by molar-refractivity contribution is -0.116. The molecule has 5 aliphatic heterocycles. The number of ether oxygens (including phenoxy) is 3. The Balaban J connectivity index is 0.000000190. The van der Waals surface area contributed by atoms with Gasteiger partial charge in [0.25, 0.3) is 0 Å². The van der Waals surface area contributed by atoms with Crippen LogP contribution in [0.25, 0.3) is 22.2 Å². The number of amides is 1. The number of morpholine rings is 1. The molecule has 5 aromatic rings. The molecular weight excluding hydrogens is 773 g/mol. The molecule has 0 aliphatic carbocycles. The molecular formula is C45H47BrFN5O4. The van der Waals surface area contributed by atoms with E-state index in [1.54, 1.807) is 31.5 Å². The first-order valence-corrected chi connectivity index (χ1v) is 20.5. The van der Waals surface area contributed by atoms with Crippen LogP contribution in [0.2, 0.25) is 0 Å². The van der Waals surface area contributed by atoms with E-state index >= 15 is 0 Å². The van der Waals surface area contributed by atoms with Crippen molar-refractivity contribution in [1.82, 2.24) is 9.97 Å². The van der Waals surface area contributed by atoms with Crippen LogP contribution in [0, 0.1) is 12.7 Å². The maximum atomic E-state index is 14.5. The topological polar surface area (TPSA) is 80.3 Å². The first-order chi connectivity index (χ1) is 27.3. The Hall–Kier alpha value is -4.42. The van der Waals surface area contributed by atoms with Crippen LogP contribution in [0.1, 0.15) is 49.3 Å². The lowest BCUT2D eigenvalue weighted by Crippen LogP contribution is -2.40. The zero-order chi connectivity index (χ0) is 38.4. The first kappa shape index (κ1) is 37.2. The van der Waals surface area contributed by atoms with Gasteiger partial charge in [0.05, 0.1) is 30.1 Å². The zero-order valence-corrected chi connectivity index (χ0v) is 33.6. The number of carbonyl (C=O) groups excluding carboxylic acids is 1. The fraction of sp³-hybridized carbons (Fsp3) is 0.400. The molecule has 0 atom stereocenters. The molecule has 3 saturated heterocycles. The number of hydrogen-bond acceptors (Lipinski definition) is 8. The minimum atomic E-state index is -0.280. The second kappa shape index (κ2) is 15.2. The zero-order valence-electron chi connectivity index (χ0n) is 32.0. The molecule has 0 saturated carbocycles. The number of nitrogens with zero attached hydrogens (tertiary/aromatic N) is 5. The van der Waals surface area contributed by atoms with E-state index in [0.29, 0.717) is 5.52 Å². The Morgan fingerprint density at radius 2 is 1.41 bits per heavy atom. The summed E-state index contributed by atoms with van der Waals surface area (Å²) in [5, 5.41) is 0.966. The first-order valence-electron chi connectivity index (χ1n) is 19.7. The second-order valence-electron chi connectivity index (χ2n) is 15.8. The van der Waals surface area contributed by atoms with Gasteiger partial charge in [0.2, 0.25) is 5.91 Å². The molecule has 56 heavy (non-hydrogen) atoms. The Morgan fingerprint density at radius 3 is 2.11 bits per heavy atom. The number of carbonyl (C=O) groups is 1. The van der Waals surface area contributed by atoms with E-state index in [-0.39, 0.29) is 22.6 Å².